The molecule has 2 aliphatic heterocycles. The average Bonchev–Trinajstić information content (AvgIpc) is 3.22. The van der Waals surface area contributed by atoms with E-state index in [1.54, 1.807) is 6.33 Å². The highest BCUT2D eigenvalue weighted by Gasteiger charge is 2.33. The number of hydrogen-bond donors (Lipinski definition) is 0. The Hall–Kier alpha value is -2.15. The fraction of sp³-hybridized carbons (Fsp3) is 0.562. The Morgan fingerprint density at radius 2 is 2.09 bits per heavy atom. The molecule has 1 amide bonds. The van der Waals surface area contributed by atoms with E-state index < -0.39 is 0 Å². The maximum atomic E-state index is 12.7. The van der Waals surface area contributed by atoms with Crippen molar-refractivity contribution in [2.45, 2.75) is 6.42 Å². The zero-order valence-electron chi connectivity index (χ0n) is 13.3. The summed E-state index contributed by atoms with van der Waals surface area (Å²) in [6.07, 6.45) is 4.48. The smallest absolute Gasteiger partial charge is 0.227 e. The molecular weight excluding hydrogens is 294 g/mol. The standard InChI is InChI=1S/C16H21N5O2/c1-19-4-3-13-14(19)17-11-18-15(13)21-5-2-12(10-21)16(22)20-6-8-23-9-7-20/h3-4,11-12H,2,5-10H2,1H3. The van der Waals surface area contributed by atoms with Gasteiger partial charge in [-0.2, -0.15) is 0 Å². The van der Waals surface area contributed by atoms with E-state index in [9.17, 15) is 4.79 Å². The Kier molecular flexibility index (Phi) is 3.65. The molecular formula is C16H21N5O2. The van der Waals surface area contributed by atoms with Crippen LogP contribution in [-0.2, 0) is 16.6 Å². The minimum atomic E-state index is 0.0572. The highest BCUT2D eigenvalue weighted by atomic mass is 16.5. The second-order valence-electron chi connectivity index (χ2n) is 6.23. The van der Waals surface area contributed by atoms with Crippen LogP contribution in [-0.4, -0.2) is 64.7 Å². The maximum Gasteiger partial charge on any atom is 0.227 e. The van der Waals surface area contributed by atoms with Gasteiger partial charge in [0.25, 0.3) is 0 Å². The highest BCUT2D eigenvalue weighted by Crippen LogP contribution is 2.29. The molecule has 2 aliphatic rings. The molecule has 0 aliphatic carbocycles. The van der Waals surface area contributed by atoms with Crippen LogP contribution in [0.1, 0.15) is 6.42 Å². The maximum absolute atomic E-state index is 12.7. The van der Waals surface area contributed by atoms with Gasteiger partial charge in [-0.15, -0.1) is 0 Å². The number of carbonyl (C=O) groups excluding carboxylic acids is 1. The van der Waals surface area contributed by atoms with E-state index in [0.717, 1.165) is 36.4 Å². The van der Waals surface area contributed by atoms with Crippen molar-refractivity contribution in [3.05, 3.63) is 18.6 Å². The van der Waals surface area contributed by atoms with Crippen LogP contribution in [0, 0.1) is 5.92 Å². The van der Waals surface area contributed by atoms with Crippen LogP contribution >= 0.6 is 0 Å². The monoisotopic (exact) mass is 315 g/mol. The number of fused-ring (bicyclic) bond motifs is 1. The normalized spacial score (nSPS) is 22.0. The van der Waals surface area contributed by atoms with E-state index >= 15 is 0 Å². The summed E-state index contributed by atoms with van der Waals surface area (Å²) in [5.74, 6) is 1.25. The number of aromatic nitrogens is 3. The predicted molar refractivity (Wildman–Crippen MR) is 86.2 cm³/mol. The van der Waals surface area contributed by atoms with Gasteiger partial charge >= 0.3 is 0 Å². The Morgan fingerprint density at radius 1 is 1.26 bits per heavy atom. The van der Waals surface area contributed by atoms with Gasteiger partial charge in [-0.3, -0.25) is 4.79 Å². The predicted octanol–water partition coefficient (Wildman–Crippen LogP) is 0.653. The van der Waals surface area contributed by atoms with E-state index in [0.29, 0.717) is 26.3 Å². The third-order valence-corrected chi connectivity index (χ3v) is 4.80. The van der Waals surface area contributed by atoms with E-state index in [1.807, 2.05) is 28.8 Å². The van der Waals surface area contributed by atoms with Crippen molar-refractivity contribution in [3.63, 3.8) is 0 Å². The lowest BCUT2D eigenvalue weighted by molar-refractivity contribution is -0.138. The molecule has 7 heteroatoms. The Balaban J connectivity index is 1.52. The van der Waals surface area contributed by atoms with Crippen LogP contribution in [0.4, 0.5) is 5.82 Å². The molecule has 0 saturated carbocycles. The molecule has 7 nitrogen and oxygen atoms in total. The number of nitrogens with zero attached hydrogens (tertiary/aromatic N) is 5. The molecule has 0 bridgehead atoms. The summed E-state index contributed by atoms with van der Waals surface area (Å²) in [5.41, 5.74) is 0.929. The number of anilines is 1. The lowest BCUT2D eigenvalue weighted by Crippen LogP contribution is -2.44. The third kappa shape index (κ3) is 2.55. The van der Waals surface area contributed by atoms with E-state index in [4.69, 9.17) is 4.74 Å². The van der Waals surface area contributed by atoms with Crippen LogP contribution < -0.4 is 4.90 Å². The Bertz CT molecular complexity index is 722. The van der Waals surface area contributed by atoms with Crippen molar-refractivity contribution in [2.24, 2.45) is 13.0 Å². The molecule has 2 fully saturated rings. The lowest BCUT2D eigenvalue weighted by Gasteiger charge is -2.29. The molecule has 23 heavy (non-hydrogen) atoms. The zero-order valence-corrected chi connectivity index (χ0v) is 13.3. The molecule has 2 aromatic rings. The fourth-order valence-corrected chi connectivity index (χ4v) is 3.51. The van der Waals surface area contributed by atoms with Crippen molar-refractivity contribution in [3.8, 4) is 0 Å². The summed E-state index contributed by atoms with van der Waals surface area (Å²) in [5, 5.41) is 1.05. The third-order valence-electron chi connectivity index (χ3n) is 4.80. The number of rotatable bonds is 2. The van der Waals surface area contributed by atoms with Gasteiger partial charge in [-0.05, 0) is 12.5 Å². The summed E-state index contributed by atoms with van der Waals surface area (Å²) in [4.78, 5) is 25.6. The summed E-state index contributed by atoms with van der Waals surface area (Å²) >= 11 is 0. The molecule has 0 radical (unpaired) electrons. The Labute approximate surface area is 134 Å². The van der Waals surface area contributed by atoms with Crippen LogP contribution in [0.3, 0.4) is 0 Å². The molecule has 0 N–H and O–H groups in total. The van der Waals surface area contributed by atoms with Crippen molar-refractivity contribution in [1.82, 2.24) is 19.4 Å². The highest BCUT2D eigenvalue weighted by molar-refractivity contribution is 5.88. The van der Waals surface area contributed by atoms with E-state index in [-0.39, 0.29) is 11.8 Å². The Morgan fingerprint density at radius 3 is 2.91 bits per heavy atom. The first-order valence-corrected chi connectivity index (χ1v) is 8.11. The second kappa shape index (κ2) is 5.81. The summed E-state index contributed by atoms with van der Waals surface area (Å²) in [7, 11) is 1.98. The van der Waals surface area contributed by atoms with Gasteiger partial charge in [0.05, 0.1) is 24.5 Å². The van der Waals surface area contributed by atoms with Crippen molar-refractivity contribution < 1.29 is 9.53 Å². The first-order valence-electron chi connectivity index (χ1n) is 8.11. The number of morpholine rings is 1. The molecule has 1 atom stereocenters. The van der Waals surface area contributed by atoms with Crippen LogP contribution in [0.2, 0.25) is 0 Å². The van der Waals surface area contributed by atoms with Gasteiger partial charge in [0.1, 0.15) is 17.8 Å². The zero-order chi connectivity index (χ0) is 15.8. The van der Waals surface area contributed by atoms with Crippen molar-refractivity contribution >= 4 is 22.8 Å². The SMILES string of the molecule is Cn1ccc2c(N3CCC(C(=O)N4CCOCC4)C3)ncnc21. The second-order valence-corrected chi connectivity index (χ2v) is 6.23. The van der Waals surface area contributed by atoms with Crippen molar-refractivity contribution in [2.75, 3.05) is 44.3 Å². The fourth-order valence-electron chi connectivity index (χ4n) is 3.51. The number of amides is 1. The van der Waals surface area contributed by atoms with E-state index in [2.05, 4.69) is 14.9 Å². The first-order chi connectivity index (χ1) is 11.2. The molecule has 4 rings (SSSR count). The first kappa shape index (κ1) is 14.4. The van der Waals surface area contributed by atoms with Crippen LogP contribution in [0.25, 0.3) is 11.0 Å². The largest absolute Gasteiger partial charge is 0.378 e. The summed E-state index contributed by atoms with van der Waals surface area (Å²) in [6.45, 7) is 4.33. The van der Waals surface area contributed by atoms with Gasteiger partial charge in [-0.25, -0.2) is 9.97 Å². The van der Waals surface area contributed by atoms with Gasteiger partial charge in [0.2, 0.25) is 5.91 Å². The number of hydrogen-bond acceptors (Lipinski definition) is 5. The van der Waals surface area contributed by atoms with Gasteiger partial charge in [-0.1, -0.05) is 0 Å². The quantitative estimate of drug-likeness (QED) is 0.814. The van der Waals surface area contributed by atoms with Gasteiger partial charge in [0.15, 0.2) is 0 Å². The molecule has 122 valence electrons. The minimum absolute atomic E-state index is 0.0572. The topological polar surface area (TPSA) is 63.5 Å². The van der Waals surface area contributed by atoms with Gasteiger partial charge < -0.3 is 19.1 Å². The van der Waals surface area contributed by atoms with Crippen molar-refractivity contribution in [1.29, 1.82) is 0 Å². The van der Waals surface area contributed by atoms with E-state index in [1.165, 1.54) is 0 Å². The summed E-state index contributed by atoms with van der Waals surface area (Å²) in [6, 6.07) is 2.04. The van der Waals surface area contributed by atoms with Gasteiger partial charge in [0, 0.05) is 39.4 Å². The number of carbonyl (C=O) groups is 1. The molecule has 2 saturated heterocycles. The molecule has 0 aromatic carbocycles. The molecule has 2 aromatic heterocycles. The lowest BCUT2D eigenvalue weighted by atomic mass is 10.1. The molecule has 1 unspecified atom stereocenters. The van der Waals surface area contributed by atoms with Crippen LogP contribution in [0.5, 0.6) is 0 Å². The average molecular weight is 315 g/mol. The minimum Gasteiger partial charge on any atom is -0.378 e. The molecule has 0 spiro atoms. The summed E-state index contributed by atoms with van der Waals surface area (Å²) < 4.78 is 7.32. The number of aryl methyl sites for hydroxylation is 1. The molecule has 4 heterocycles. The number of ether oxygens (including phenoxy) is 1. The van der Waals surface area contributed by atoms with Crippen LogP contribution in [0.15, 0.2) is 18.6 Å².